The third-order valence-corrected chi connectivity index (χ3v) is 6.56. The fourth-order valence-electron chi connectivity index (χ4n) is 5.09. The molecule has 2 unspecified atom stereocenters. The Bertz CT molecular complexity index is 1030. The Morgan fingerprint density at radius 3 is 2.59 bits per heavy atom. The molecule has 3 aliphatic heterocycles. The number of anilines is 2. The summed E-state index contributed by atoms with van der Waals surface area (Å²) in [6.45, 7) is 4.64. The van der Waals surface area contributed by atoms with Crippen molar-refractivity contribution in [2.75, 3.05) is 29.9 Å². The molecule has 3 heterocycles. The van der Waals surface area contributed by atoms with Gasteiger partial charge in [0.1, 0.15) is 17.7 Å². The van der Waals surface area contributed by atoms with Crippen LogP contribution in [0.5, 0.6) is 5.75 Å². The molecule has 0 saturated carbocycles. The zero-order valence-electron chi connectivity index (χ0n) is 17.8. The van der Waals surface area contributed by atoms with Gasteiger partial charge in [0.15, 0.2) is 0 Å². The van der Waals surface area contributed by atoms with Crippen molar-refractivity contribution in [1.82, 2.24) is 4.90 Å². The first-order chi connectivity index (χ1) is 15.3. The molecule has 4 nitrogen and oxygen atoms in total. The number of hydrogen-bond donors (Lipinski definition) is 1. The van der Waals surface area contributed by atoms with Crippen LogP contribution in [0.25, 0.3) is 5.57 Å². The Kier molecular flexibility index (Phi) is 5.28. The minimum Gasteiger partial charge on any atom is -0.406 e. The minimum atomic E-state index is -4.68. The number of aryl methyl sites for hydroxylation is 1. The normalized spacial score (nSPS) is 22.9. The smallest absolute Gasteiger partial charge is 0.406 e. The zero-order chi connectivity index (χ0) is 22.5. The summed E-state index contributed by atoms with van der Waals surface area (Å²) in [5, 5.41) is 3.52. The van der Waals surface area contributed by atoms with E-state index in [2.05, 4.69) is 32.9 Å². The van der Waals surface area contributed by atoms with Gasteiger partial charge in [-0.1, -0.05) is 18.2 Å². The third-order valence-electron chi connectivity index (χ3n) is 6.56. The van der Waals surface area contributed by atoms with E-state index in [0.717, 1.165) is 67.0 Å². The van der Waals surface area contributed by atoms with Gasteiger partial charge in [0, 0.05) is 25.7 Å². The van der Waals surface area contributed by atoms with Crippen LogP contribution in [0, 0.1) is 5.82 Å². The largest absolute Gasteiger partial charge is 0.573 e. The van der Waals surface area contributed by atoms with Gasteiger partial charge in [-0.15, -0.1) is 13.2 Å². The molecule has 0 amide bonds. The molecule has 170 valence electrons. The van der Waals surface area contributed by atoms with Crippen LogP contribution in [0.2, 0.25) is 0 Å². The van der Waals surface area contributed by atoms with Gasteiger partial charge >= 0.3 is 6.36 Å². The summed E-state index contributed by atoms with van der Waals surface area (Å²) >= 11 is 0. The quantitative estimate of drug-likeness (QED) is 0.635. The van der Waals surface area contributed by atoms with Gasteiger partial charge in [0.2, 0.25) is 0 Å². The molecule has 2 aromatic rings. The average molecular weight is 447 g/mol. The van der Waals surface area contributed by atoms with Crippen molar-refractivity contribution in [3.8, 4) is 5.75 Å². The lowest BCUT2D eigenvalue weighted by Gasteiger charge is -2.39. The number of alkyl halides is 3. The molecule has 8 heteroatoms. The first kappa shape index (κ1) is 21.1. The maximum atomic E-state index is 14.0. The molecule has 1 N–H and O–H groups in total. The predicted molar refractivity (Wildman–Crippen MR) is 116 cm³/mol. The van der Waals surface area contributed by atoms with Crippen molar-refractivity contribution in [2.24, 2.45) is 0 Å². The number of hydrogen-bond acceptors (Lipinski definition) is 4. The minimum absolute atomic E-state index is 0.0922. The Balaban J connectivity index is 1.25. The van der Waals surface area contributed by atoms with Crippen LogP contribution in [-0.2, 0) is 6.42 Å². The van der Waals surface area contributed by atoms with Gasteiger partial charge in [0.25, 0.3) is 0 Å². The molecule has 2 atom stereocenters. The van der Waals surface area contributed by atoms with E-state index in [4.69, 9.17) is 0 Å². The number of halogens is 4. The average Bonchev–Trinajstić information content (AvgIpc) is 3.09. The van der Waals surface area contributed by atoms with E-state index in [1.807, 2.05) is 0 Å². The van der Waals surface area contributed by atoms with E-state index in [0.29, 0.717) is 6.04 Å². The molecule has 0 saturated heterocycles. The van der Waals surface area contributed by atoms with Gasteiger partial charge < -0.3 is 15.0 Å². The fourth-order valence-corrected chi connectivity index (χ4v) is 5.09. The van der Waals surface area contributed by atoms with Gasteiger partial charge in [0.05, 0.1) is 11.4 Å². The Hall–Kier alpha value is -2.74. The molecule has 0 spiro atoms. The first-order valence-corrected chi connectivity index (χ1v) is 10.9. The lowest BCUT2D eigenvalue weighted by Crippen LogP contribution is -2.50. The summed E-state index contributed by atoms with van der Waals surface area (Å²) in [4.78, 5) is 4.75. The first-order valence-electron chi connectivity index (χ1n) is 10.9. The topological polar surface area (TPSA) is 27.7 Å². The number of rotatable bonds is 4. The van der Waals surface area contributed by atoms with Gasteiger partial charge in [-0.25, -0.2) is 4.39 Å². The number of nitrogens with zero attached hydrogens (tertiary/aromatic N) is 2. The molecule has 0 bridgehead atoms. The summed E-state index contributed by atoms with van der Waals surface area (Å²) in [7, 11) is 0. The zero-order valence-corrected chi connectivity index (χ0v) is 17.8. The highest BCUT2D eigenvalue weighted by Gasteiger charge is 2.38. The molecular weight excluding hydrogens is 422 g/mol. The van der Waals surface area contributed by atoms with Crippen molar-refractivity contribution < 1.29 is 22.3 Å². The molecule has 0 aromatic heterocycles. The van der Waals surface area contributed by atoms with E-state index in [1.165, 1.54) is 12.1 Å². The molecule has 5 rings (SSSR count). The lowest BCUT2D eigenvalue weighted by atomic mass is 9.96. The maximum absolute atomic E-state index is 14.0. The van der Waals surface area contributed by atoms with E-state index < -0.39 is 6.36 Å². The van der Waals surface area contributed by atoms with Crippen LogP contribution in [0.3, 0.4) is 0 Å². The van der Waals surface area contributed by atoms with Crippen molar-refractivity contribution in [1.29, 1.82) is 0 Å². The monoisotopic (exact) mass is 447 g/mol. The molecular formula is C24H25F4N3O. The summed E-state index contributed by atoms with van der Waals surface area (Å²) < 4.78 is 55.0. The number of nitrogens with one attached hydrogen (secondary N) is 1. The second-order valence-corrected chi connectivity index (χ2v) is 8.73. The summed E-state index contributed by atoms with van der Waals surface area (Å²) in [6.07, 6.45) is 0.263. The van der Waals surface area contributed by atoms with E-state index in [9.17, 15) is 17.6 Å². The van der Waals surface area contributed by atoms with E-state index in [-0.39, 0.29) is 17.7 Å². The van der Waals surface area contributed by atoms with Crippen LogP contribution in [0.1, 0.15) is 30.9 Å². The van der Waals surface area contributed by atoms with Crippen molar-refractivity contribution in [3.05, 3.63) is 59.4 Å². The second-order valence-electron chi connectivity index (χ2n) is 8.73. The standard InChI is InChI=1S/C24H25F4N3O/c1-15-2-3-18-12-19(25)13-21-23(18)31(15)22(29-21)14-30-10-8-17(9-11-30)16-4-6-20(7-5-16)32-24(26,27)28/h4-8,12-13,15,22,29H,2-3,9-11,14H2,1H3. The van der Waals surface area contributed by atoms with E-state index in [1.54, 1.807) is 24.3 Å². The molecule has 0 fully saturated rings. The van der Waals surface area contributed by atoms with Crippen molar-refractivity contribution in [3.63, 3.8) is 0 Å². The number of benzene rings is 2. The van der Waals surface area contributed by atoms with Crippen LogP contribution >= 0.6 is 0 Å². The Morgan fingerprint density at radius 1 is 1.12 bits per heavy atom. The lowest BCUT2D eigenvalue weighted by molar-refractivity contribution is -0.274. The SMILES string of the molecule is CC1CCc2cc(F)cc3c2N1C(CN1CC=C(c2ccc(OC(F)(F)F)cc2)CC1)N3. The molecule has 3 aliphatic rings. The maximum Gasteiger partial charge on any atom is 0.573 e. The van der Waals surface area contributed by atoms with Crippen LogP contribution in [0.4, 0.5) is 28.9 Å². The predicted octanol–water partition coefficient (Wildman–Crippen LogP) is 5.41. The summed E-state index contributed by atoms with van der Waals surface area (Å²) in [5.41, 5.74) is 5.14. The van der Waals surface area contributed by atoms with Crippen molar-refractivity contribution >= 4 is 16.9 Å². The second kappa shape index (κ2) is 7.99. The van der Waals surface area contributed by atoms with Crippen LogP contribution in [0.15, 0.2) is 42.5 Å². The van der Waals surface area contributed by atoms with E-state index >= 15 is 0 Å². The van der Waals surface area contributed by atoms with Gasteiger partial charge in [-0.2, -0.15) is 0 Å². The highest BCUT2D eigenvalue weighted by atomic mass is 19.4. The van der Waals surface area contributed by atoms with Gasteiger partial charge in [-0.05, 0) is 67.2 Å². The fraction of sp³-hybridized carbons (Fsp3) is 0.417. The Labute approximate surface area is 184 Å². The van der Waals surface area contributed by atoms with Crippen LogP contribution < -0.4 is 15.0 Å². The molecule has 0 aliphatic carbocycles. The number of ether oxygens (including phenoxy) is 1. The third kappa shape index (κ3) is 4.16. The summed E-state index contributed by atoms with van der Waals surface area (Å²) in [5.74, 6) is -0.406. The molecule has 32 heavy (non-hydrogen) atoms. The van der Waals surface area contributed by atoms with Gasteiger partial charge in [-0.3, -0.25) is 4.90 Å². The molecule has 0 radical (unpaired) electrons. The Morgan fingerprint density at radius 2 is 1.91 bits per heavy atom. The molecule has 2 aromatic carbocycles. The van der Waals surface area contributed by atoms with Crippen molar-refractivity contribution in [2.45, 2.75) is 44.8 Å². The highest BCUT2D eigenvalue weighted by molar-refractivity contribution is 5.80. The van der Waals surface area contributed by atoms with Crippen LogP contribution in [-0.4, -0.2) is 43.1 Å². The summed E-state index contributed by atoms with van der Waals surface area (Å²) in [6, 6.07) is 9.67. The highest BCUT2D eigenvalue weighted by Crippen LogP contribution is 2.44.